The van der Waals surface area contributed by atoms with Crippen molar-refractivity contribution in [3.05, 3.63) is 34.9 Å². The summed E-state index contributed by atoms with van der Waals surface area (Å²) in [6.45, 7) is 0. The lowest BCUT2D eigenvalue weighted by atomic mass is 9.81. The molecule has 1 aliphatic rings. The molecule has 1 aromatic carbocycles. The Morgan fingerprint density at radius 2 is 1.91 bits per heavy atom. The summed E-state index contributed by atoms with van der Waals surface area (Å²) in [6, 6.07) is 4.12. The zero-order valence-corrected chi connectivity index (χ0v) is 12.8. The molecule has 22 heavy (non-hydrogen) atoms. The molecule has 1 aromatic rings. The highest BCUT2D eigenvalue weighted by molar-refractivity contribution is 6.29. The molecule has 2 rings (SSSR count). The molecule has 0 aliphatic heterocycles. The van der Waals surface area contributed by atoms with Crippen LogP contribution in [0, 0.1) is 0 Å². The van der Waals surface area contributed by atoms with Crippen LogP contribution < -0.4 is 0 Å². The Morgan fingerprint density at radius 1 is 1.27 bits per heavy atom. The van der Waals surface area contributed by atoms with Crippen LogP contribution in [-0.2, 0) is 17.4 Å². The fraction of sp³-hybridized carbons (Fsp3) is 0.562. The first-order chi connectivity index (χ1) is 10.3. The Morgan fingerprint density at radius 3 is 2.45 bits per heavy atom. The lowest BCUT2D eigenvalue weighted by Crippen LogP contribution is -2.18. The molecule has 6 heteroatoms. The standard InChI is InChI=1S/C16H18ClF3O2/c17-14(15(21)22)9-10-6-7-12(11-4-2-1-3-5-11)13(8-10)16(18,19)20/h6-8,11,14H,1-5,9H2,(H,21,22). The summed E-state index contributed by atoms with van der Waals surface area (Å²) in [5.41, 5.74) is -0.0159. The van der Waals surface area contributed by atoms with E-state index in [0.717, 1.165) is 38.2 Å². The number of halogens is 4. The number of carbonyl (C=O) groups is 1. The Labute approximate surface area is 132 Å². The molecule has 0 spiro atoms. The van der Waals surface area contributed by atoms with Crippen molar-refractivity contribution in [3.8, 4) is 0 Å². The summed E-state index contributed by atoms with van der Waals surface area (Å²) >= 11 is 5.62. The number of hydrogen-bond acceptors (Lipinski definition) is 1. The molecule has 122 valence electrons. The zero-order chi connectivity index (χ0) is 16.3. The van der Waals surface area contributed by atoms with E-state index in [0.29, 0.717) is 11.1 Å². The van der Waals surface area contributed by atoms with Crippen LogP contribution in [0.2, 0.25) is 0 Å². The molecule has 0 saturated heterocycles. The quantitative estimate of drug-likeness (QED) is 0.788. The summed E-state index contributed by atoms with van der Waals surface area (Å²) in [5, 5.41) is 7.56. The number of rotatable bonds is 4. The van der Waals surface area contributed by atoms with E-state index in [1.54, 1.807) is 6.07 Å². The van der Waals surface area contributed by atoms with Gasteiger partial charge in [-0.1, -0.05) is 31.4 Å². The molecule has 0 heterocycles. The van der Waals surface area contributed by atoms with Crippen molar-refractivity contribution in [3.63, 3.8) is 0 Å². The van der Waals surface area contributed by atoms with E-state index < -0.39 is 23.1 Å². The van der Waals surface area contributed by atoms with E-state index in [9.17, 15) is 18.0 Å². The highest BCUT2D eigenvalue weighted by Gasteiger charge is 2.36. The van der Waals surface area contributed by atoms with Crippen molar-refractivity contribution in [1.82, 2.24) is 0 Å². The van der Waals surface area contributed by atoms with Gasteiger partial charge < -0.3 is 5.11 Å². The van der Waals surface area contributed by atoms with Gasteiger partial charge >= 0.3 is 12.1 Å². The van der Waals surface area contributed by atoms with Crippen molar-refractivity contribution in [2.75, 3.05) is 0 Å². The van der Waals surface area contributed by atoms with Gasteiger partial charge in [0.1, 0.15) is 5.38 Å². The van der Waals surface area contributed by atoms with Crippen LogP contribution in [0.3, 0.4) is 0 Å². The van der Waals surface area contributed by atoms with Crippen LogP contribution in [0.4, 0.5) is 13.2 Å². The topological polar surface area (TPSA) is 37.3 Å². The molecule has 1 atom stereocenters. The van der Waals surface area contributed by atoms with Gasteiger partial charge in [-0.2, -0.15) is 13.2 Å². The lowest BCUT2D eigenvalue weighted by Gasteiger charge is -2.25. The van der Waals surface area contributed by atoms with Crippen LogP contribution in [0.25, 0.3) is 0 Å². The Bertz CT molecular complexity index is 537. The SMILES string of the molecule is O=C(O)C(Cl)Cc1ccc(C2CCCCC2)c(C(F)(F)F)c1. The predicted molar refractivity (Wildman–Crippen MR) is 78.3 cm³/mol. The second-order valence-electron chi connectivity index (χ2n) is 5.76. The summed E-state index contributed by atoms with van der Waals surface area (Å²) in [5.74, 6) is -1.29. The largest absolute Gasteiger partial charge is 0.480 e. The van der Waals surface area contributed by atoms with Gasteiger partial charge in [0, 0.05) is 0 Å². The molecule has 1 fully saturated rings. The Hall–Kier alpha value is -1.23. The second kappa shape index (κ2) is 6.90. The third kappa shape index (κ3) is 4.15. The molecule has 0 bridgehead atoms. The average molecular weight is 335 g/mol. The maximum atomic E-state index is 13.3. The predicted octanol–water partition coefficient (Wildman–Crippen LogP) is 4.99. The Balaban J connectivity index is 2.32. The normalized spacial score (nSPS) is 18.2. The fourth-order valence-corrected chi connectivity index (χ4v) is 3.22. The molecule has 2 nitrogen and oxygen atoms in total. The first kappa shape index (κ1) is 17.1. The molecule has 1 saturated carbocycles. The second-order valence-corrected chi connectivity index (χ2v) is 6.29. The summed E-state index contributed by atoms with van der Waals surface area (Å²) in [6.07, 6.45) is -0.0362. The summed E-state index contributed by atoms with van der Waals surface area (Å²) in [7, 11) is 0. The molecule has 0 amide bonds. The molecule has 1 unspecified atom stereocenters. The van der Waals surface area contributed by atoms with Crippen molar-refractivity contribution in [1.29, 1.82) is 0 Å². The minimum Gasteiger partial charge on any atom is -0.480 e. The van der Waals surface area contributed by atoms with Gasteiger partial charge in [-0.15, -0.1) is 11.6 Å². The minimum atomic E-state index is -4.44. The highest BCUT2D eigenvalue weighted by atomic mass is 35.5. The molecular formula is C16H18ClF3O2. The van der Waals surface area contributed by atoms with Gasteiger partial charge in [-0.25, -0.2) is 0 Å². The number of carboxylic acid groups (broad SMARTS) is 1. The molecule has 0 aromatic heterocycles. The van der Waals surface area contributed by atoms with Gasteiger partial charge in [0.25, 0.3) is 0 Å². The zero-order valence-electron chi connectivity index (χ0n) is 12.0. The van der Waals surface area contributed by atoms with E-state index in [2.05, 4.69) is 0 Å². The van der Waals surface area contributed by atoms with E-state index >= 15 is 0 Å². The maximum absolute atomic E-state index is 13.3. The monoisotopic (exact) mass is 334 g/mol. The maximum Gasteiger partial charge on any atom is 0.416 e. The minimum absolute atomic E-state index is 0.0642. The number of benzene rings is 1. The number of alkyl halides is 4. The van der Waals surface area contributed by atoms with Gasteiger partial charge in [0.2, 0.25) is 0 Å². The third-order valence-corrected chi connectivity index (χ3v) is 4.49. The lowest BCUT2D eigenvalue weighted by molar-refractivity contribution is -0.138. The van der Waals surface area contributed by atoms with Crippen LogP contribution in [0.5, 0.6) is 0 Å². The van der Waals surface area contributed by atoms with Crippen molar-refractivity contribution in [2.24, 2.45) is 0 Å². The fourth-order valence-electron chi connectivity index (χ4n) is 3.04. The molecular weight excluding hydrogens is 317 g/mol. The summed E-state index contributed by atoms with van der Waals surface area (Å²) in [4.78, 5) is 10.7. The van der Waals surface area contributed by atoms with Gasteiger partial charge in [0.15, 0.2) is 0 Å². The smallest absolute Gasteiger partial charge is 0.416 e. The van der Waals surface area contributed by atoms with Crippen molar-refractivity contribution >= 4 is 17.6 Å². The van der Waals surface area contributed by atoms with E-state index in [1.807, 2.05) is 0 Å². The third-order valence-electron chi connectivity index (χ3n) is 4.15. The number of aliphatic carboxylic acids is 1. The summed E-state index contributed by atoms with van der Waals surface area (Å²) < 4.78 is 40.0. The van der Waals surface area contributed by atoms with E-state index in [4.69, 9.17) is 16.7 Å². The molecule has 0 radical (unpaired) electrons. The van der Waals surface area contributed by atoms with Crippen LogP contribution >= 0.6 is 11.6 Å². The van der Waals surface area contributed by atoms with Crippen LogP contribution in [-0.4, -0.2) is 16.5 Å². The van der Waals surface area contributed by atoms with Gasteiger partial charge in [-0.05, 0) is 42.4 Å². The average Bonchev–Trinajstić information content (AvgIpc) is 2.47. The molecule has 1 N–H and O–H groups in total. The van der Waals surface area contributed by atoms with E-state index in [-0.39, 0.29) is 12.3 Å². The number of hydrogen-bond donors (Lipinski definition) is 1. The van der Waals surface area contributed by atoms with Gasteiger partial charge in [0.05, 0.1) is 5.56 Å². The van der Waals surface area contributed by atoms with Crippen molar-refractivity contribution < 1.29 is 23.1 Å². The van der Waals surface area contributed by atoms with Crippen LogP contribution in [0.1, 0.15) is 54.7 Å². The first-order valence-electron chi connectivity index (χ1n) is 7.36. The first-order valence-corrected chi connectivity index (χ1v) is 7.79. The Kier molecular flexibility index (Phi) is 5.37. The van der Waals surface area contributed by atoms with E-state index in [1.165, 1.54) is 6.07 Å². The molecule has 1 aliphatic carbocycles. The highest BCUT2D eigenvalue weighted by Crippen LogP contribution is 2.41. The van der Waals surface area contributed by atoms with Crippen LogP contribution in [0.15, 0.2) is 18.2 Å². The van der Waals surface area contributed by atoms with Gasteiger partial charge in [-0.3, -0.25) is 4.79 Å². The number of carboxylic acids is 1. The van der Waals surface area contributed by atoms with Crippen molar-refractivity contribution in [2.45, 2.75) is 56.0 Å².